The molecule has 1 fully saturated rings. The third-order valence-corrected chi connectivity index (χ3v) is 3.57. The van der Waals surface area contributed by atoms with E-state index in [1.54, 1.807) is 12.3 Å². The maximum absolute atomic E-state index is 12.0. The van der Waals surface area contributed by atoms with Crippen molar-refractivity contribution in [1.82, 2.24) is 10.3 Å². The minimum atomic E-state index is -0.116. The molecule has 0 aromatic carbocycles. The van der Waals surface area contributed by atoms with Gasteiger partial charge in [-0.15, -0.1) is 12.4 Å². The van der Waals surface area contributed by atoms with Crippen LogP contribution >= 0.6 is 12.4 Å². The largest absolute Gasteiger partial charge is 0.398 e. The van der Waals surface area contributed by atoms with E-state index in [1.807, 2.05) is 0 Å². The summed E-state index contributed by atoms with van der Waals surface area (Å²) in [6.07, 6.45) is 8.09. The summed E-state index contributed by atoms with van der Waals surface area (Å²) in [6.45, 7) is 2.07. The third-order valence-electron chi connectivity index (χ3n) is 3.57. The molecule has 1 amide bonds. The van der Waals surface area contributed by atoms with Gasteiger partial charge in [-0.1, -0.05) is 12.8 Å². The van der Waals surface area contributed by atoms with Crippen molar-refractivity contribution in [2.75, 3.05) is 5.73 Å². The van der Waals surface area contributed by atoms with Crippen molar-refractivity contribution in [3.63, 3.8) is 0 Å². The van der Waals surface area contributed by atoms with Gasteiger partial charge in [-0.25, -0.2) is 0 Å². The molecule has 18 heavy (non-hydrogen) atoms. The van der Waals surface area contributed by atoms with E-state index in [2.05, 4.69) is 17.2 Å². The van der Waals surface area contributed by atoms with Crippen LogP contribution in [0.3, 0.4) is 0 Å². The van der Waals surface area contributed by atoms with Gasteiger partial charge in [0.05, 0.1) is 5.56 Å². The smallest absolute Gasteiger partial charge is 0.255 e. The van der Waals surface area contributed by atoms with E-state index in [0.29, 0.717) is 17.2 Å². The van der Waals surface area contributed by atoms with Crippen LogP contribution in [0, 0.1) is 5.92 Å². The number of hydrogen-bond donors (Lipinski definition) is 2. The minimum absolute atomic E-state index is 0. The Bertz CT molecular complexity index is 405. The fraction of sp³-hybridized carbons (Fsp3) is 0.538. The first-order chi connectivity index (χ1) is 8.18. The average Bonchev–Trinajstić information content (AvgIpc) is 2.82. The van der Waals surface area contributed by atoms with Crippen LogP contribution in [0.5, 0.6) is 0 Å². The predicted molar refractivity (Wildman–Crippen MR) is 74.8 cm³/mol. The standard InChI is InChI=1S/C13H19N3O.ClH/c1-9(10-4-2-3-5-10)16-13(17)11-8-15-7-6-12(11)14;/h6-10H,2-5H2,1H3,(H2,14,15)(H,16,17);1H. The molecule has 0 radical (unpaired) electrons. The average molecular weight is 270 g/mol. The van der Waals surface area contributed by atoms with Crippen LogP contribution in [-0.4, -0.2) is 16.9 Å². The summed E-state index contributed by atoms with van der Waals surface area (Å²) in [7, 11) is 0. The maximum Gasteiger partial charge on any atom is 0.255 e. The summed E-state index contributed by atoms with van der Waals surface area (Å²) < 4.78 is 0. The van der Waals surface area contributed by atoms with Crippen molar-refractivity contribution >= 4 is 24.0 Å². The predicted octanol–water partition coefficient (Wildman–Crippen LogP) is 2.39. The first-order valence-electron chi connectivity index (χ1n) is 6.19. The molecule has 1 atom stereocenters. The van der Waals surface area contributed by atoms with Gasteiger partial charge < -0.3 is 11.1 Å². The number of aromatic nitrogens is 1. The molecule has 1 unspecified atom stereocenters. The van der Waals surface area contributed by atoms with Crippen LogP contribution in [0.2, 0.25) is 0 Å². The van der Waals surface area contributed by atoms with Gasteiger partial charge >= 0.3 is 0 Å². The van der Waals surface area contributed by atoms with Gasteiger partial charge in [-0.2, -0.15) is 0 Å². The van der Waals surface area contributed by atoms with Crippen molar-refractivity contribution in [3.8, 4) is 0 Å². The molecule has 0 aliphatic heterocycles. The van der Waals surface area contributed by atoms with Crippen molar-refractivity contribution in [3.05, 3.63) is 24.0 Å². The van der Waals surface area contributed by atoms with Crippen molar-refractivity contribution in [1.29, 1.82) is 0 Å². The molecule has 1 heterocycles. The molecule has 0 spiro atoms. The Morgan fingerprint density at radius 3 is 2.78 bits per heavy atom. The summed E-state index contributed by atoms with van der Waals surface area (Å²) in [6, 6.07) is 1.86. The number of pyridine rings is 1. The Hall–Kier alpha value is -1.29. The summed E-state index contributed by atoms with van der Waals surface area (Å²) in [5, 5.41) is 3.02. The first-order valence-corrected chi connectivity index (χ1v) is 6.19. The Kier molecular flexibility index (Phi) is 5.41. The molecule has 1 saturated carbocycles. The molecular formula is C13H20ClN3O. The van der Waals surface area contributed by atoms with Crippen LogP contribution in [0.15, 0.2) is 18.5 Å². The van der Waals surface area contributed by atoms with E-state index >= 15 is 0 Å². The molecule has 2 rings (SSSR count). The lowest BCUT2D eigenvalue weighted by molar-refractivity contribution is 0.0928. The molecular weight excluding hydrogens is 250 g/mol. The minimum Gasteiger partial charge on any atom is -0.398 e. The van der Waals surface area contributed by atoms with Crippen LogP contribution in [-0.2, 0) is 0 Å². The van der Waals surface area contributed by atoms with Gasteiger partial charge in [-0.3, -0.25) is 9.78 Å². The molecule has 4 nitrogen and oxygen atoms in total. The summed E-state index contributed by atoms with van der Waals surface area (Å²) in [4.78, 5) is 15.9. The van der Waals surface area contributed by atoms with Gasteiger partial charge in [0, 0.05) is 24.1 Å². The van der Waals surface area contributed by atoms with E-state index in [1.165, 1.54) is 31.9 Å². The molecule has 3 N–H and O–H groups in total. The van der Waals surface area contributed by atoms with Crippen LogP contribution < -0.4 is 11.1 Å². The topological polar surface area (TPSA) is 68.0 Å². The Balaban J connectivity index is 0.00000162. The number of nitrogens with one attached hydrogen (secondary N) is 1. The number of hydrogen-bond acceptors (Lipinski definition) is 3. The molecule has 100 valence electrons. The number of carbonyl (C=O) groups is 1. The zero-order valence-electron chi connectivity index (χ0n) is 10.6. The lowest BCUT2D eigenvalue weighted by Crippen LogP contribution is -2.37. The van der Waals surface area contributed by atoms with E-state index in [9.17, 15) is 4.79 Å². The van der Waals surface area contributed by atoms with Crippen LogP contribution in [0.4, 0.5) is 5.69 Å². The second kappa shape index (κ2) is 6.59. The first kappa shape index (κ1) is 14.8. The lowest BCUT2D eigenvalue weighted by Gasteiger charge is -2.20. The highest BCUT2D eigenvalue weighted by atomic mass is 35.5. The Labute approximate surface area is 114 Å². The summed E-state index contributed by atoms with van der Waals surface area (Å²) in [5.41, 5.74) is 6.70. The maximum atomic E-state index is 12.0. The van der Waals surface area contributed by atoms with Gasteiger partial charge in [0.25, 0.3) is 5.91 Å². The number of nitrogens with zero attached hydrogens (tertiary/aromatic N) is 1. The molecule has 5 heteroatoms. The lowest BCUT2D eigenvalue weighted by atomic mass is 9.99. The number of nitrogen functional groups attached to an aromatic ring is 1. The second-order valence-electron chi connectivity index (χ2n) is 4.77. The van der Waals surface area contributed by atoms with Crippen molar-refractivity contribution in [2.24, 2.45) is 5.92 Å². The van der Waals surface area contributed by atoms with Gasteiger partial charge in [0.2, 0.25) is 0 Å². The normalized spacial score (nSPS) is 16.9. The zero-order valence-corrected chi connectivity index (χ0v) is 11.4. The van der Waals surface area contributed by atoms with Gasteiger partial charge in [0.15, 0.2) is 0 Å². The highest BCUT2D eigenvalue weighted by Gasteiger charge is 2.23. The number of anilines is 1. The highest BCUT2D eigenvalue weighted by molar-refractivity contribution is 5.98. The second-order valence-corrected chi connectivity index (χ2v) is 4.77. The number of halogens is 1. The van der Waals surface area contributed by atoms with E-state index in [-0.39, 0.29) is 24.4 Å². The fourth-order valence-electron chi connectivity index (χ4n) is 2.45. The Morgan fingerprint density at radius 2 is 2.17 bits per heavy atom. The fourth-order valence-corrected chi connectivity index (χ4v) is 2.45. The molecule has 0 saturated heterocycles. The number of nitrogens with two attached hydrogens (primary N) is 1. The monoisotopic (exact) mass is 269 g/mol. The van der Waals surface area contributed by atoms with Crippen molar-refractivity contribution < 1.29 is 4.79 Å². The quantitative estimate of drug-likeness (QED) is 0.885. The van der Waals surface area contributed by atoms with Crippen LogP contribution in [0.25, 0.3) is 0 Å². The third kappa shape index (κ3) is 3.35. The van der Waals surface area contributed by atoms with E-state index < -0.39 is 0 Å². The SMILES string of the molecule is CC(NC(=O)c1cnccc1N)C1CCCC1.Cl. The molecule has 0 bridgehead atoms. The zero-order chi connectivity index (χ0) is 12.3. The van der Waals surface area contributed by atoms with E-state index in [4.69, 9.17) is 5.73 Å². The van der Waals surface area contributed by atoms with E-state index in [0.717, 1.165) is 0 Å². The van der Waals surface area contributed by atoms with Crippen LogP contribution in [0.1, 0.15) is 43.0 Å². The van der Waals surface area contributed by atoms with Gasteiger partial charge in [-0.05, 0) is 31.7 Å². The number of rotatable bonds is 3. The summed E-state index contributed by atoms with van der Waals surface area (Å²) in [5.74, 6) is 0.492. The molecule has 1 aromatic heterocycles. The molecule has 1 aliphatic carbocycles. The van der Waals surface area contributed by atoms with Crippen molar-refractivity contribution in [2.45, 2.75) is 38.6 Å². The molecule has 1 aromatic rings. The summed E-state index contributed by atoms with van der Waals surface area (Å²) >= 11 is 0. The van der Waals surface area contributed by atoms with Gasteiger partial charge in [0.1, 0.15) is 0 Å². The molecule has 1 aliphatic rings. The number of carbonyl (C=O) groups excluding carboxylic acids is 1. The number of amides is 1. The Morgan fingerprint density at radius 1 is 1.50 bits per heavy atom. The highest BCUT2D eigenvalue weighted by Crippen LogP contribution is 2.27.